The molecule has 2 N–H and O–H groups in total. The summed E-state index contributed by atoms with van der Waals surface area (Å²) in [5, 5.41) is 0. The van der Waals surface area contributed by atoms with Gasteiger partial charge in [0.25, 0.3) is 0 Å². The zero-order valence-corrected chi connectivity index (χ0v) is 10.1. The molecule has 1 atom stereocenters. The second kappa shape index (κ2) is 4.15. The average Bonchev–Trinajstić information content (AvgIpc) is 2.82. The van der Waals surface area contributed by atoms with Crippen LogP contribution in [-0.2, 0) is 6.54 Å². The predicted molar refractivity (Wildman–Crippen MR) is 64.1 cm³/mol. The maximum Gasteiger partial charge on any atom is 0.192 e. The first-order chi connectivity index (χ1) is 7.65. The summed E-state index contributed by atoms with van der Waals surface area (Å²) in [5.74, 6) is 0.642. The van der Waals surface area contributed by atoms with Crippen molar-refractivity contribution in [3.63, 3.8) is 0 Å². The Kier molecular flexibility index (Phi) is 2.85. The summed E-state index contributed by atoms with van der Waals surface area (Å²) in [6.45, 7) is 8.04. The highest BCUT2D eigenvalue weighted by Gasteiger charge is 2.31. The third-order valence-corrected chi connectivity index (χ3v) is 3.01. The number of aromatic nitrogens is 2. The lowest BCUT2D eigenvalue weighted by atomic mass is 10.1. The van der Waals surface area contributed by atoms with Crippen LogP contribution in [0.5, 0.6) is 0 Å². The van der Waals surface area contributed by atoms with Crippen LogP contribution in [0.25, 0.3) is 0 Å². The molecule has 0 fully saturated rings. The quantitative estimate of drug-likeness (QED) is 0.827. The molecule has 1 unspecified atom stereocenters. The van der Waals surface area contributed by atoms with Crippen molar-refractivity contribution in [2.45, 2.75) is 39.4 Å². The number of aryl methyl sites for hydroxylation is 1. The Balaban J connectivity index is 2.29. The number of imidazole rings is 1. The summed E-state index contributed by atoms with van der Waals surface area (Å²) in [4.78, 5) is 10.7. The highest BCUT2D eigenvalue weighted by molar-refractivity contribution is 5.80. The van der Waals surface area contributed by atoms with E-state index in [4.69, 9.17) is 5.73 Å². The molecule has 0 saturated heterocycles. The smallest absolute Gasteiger partial charge is 0.192 e. The SMILES string of the molecule is CCn1cncc1C1CN=C(N)N1C(C)C. The Hall–Kier alpha value is -1.52. The van der Waals surface area contributed by atoms with Crippen molar-refractivity contribution in [2.75, 3.05) is 6.54 Å². The summed E-state index contributed by atoms with van der Waals surface area (Å²) < 4.78 is 2.15. The van der Waals surface area contributed by atoms with Crippen molar-refractivity contribution in [2.24, 2.45) is 10.7 Å². The van der Waals surface area contributed by atoms with Gasteiger partial charge < -0.3 is 15.2 Å². The highest BCUT2D eigenvalue weighted by atomic mass is 15.3. The summed E-state index contributed by atoms with van der Waals surface area (Å²) in [6.07, 6.45) is 3.78. The van der Waals surface area contributed by atoms with Gasteiger partial charge in [-0.2, -0.15) is 0 Å². The van der Waals surface area contributed by atoms with Crippen LogP contribution in [0.2, 0.25) is 0 Å². The van der Waals surface area contributed by atoms with Crippen molar-refractivity contribution in [3.8, 4) is 0 Å². The number of hydrogen-bond acceptors (Lipinski definition) is 4. The van der Waals surface area contributed by atoms with E-state index in [1.807, 2.05) is 12.5 Å². The van der Waals surface area contributed by atoms with Crippen LogP contribution < -0.4 is 5.73 Å². The second-order valence-corrected chi connectivity index (χ2v) is 4.32. The van der Waals surface area contributed by atoms with Gasteiger partial charge in [-0.3, -0.25) is 4.99 Å². The number of nitrogens with zero attached hydrogens (tertiary/aromatic N) is 4. The molecule has 5 heteroatoms. The molecule has 2 heterocycles. The minimum absolute atomic E-state index is 0.238. The lowest BCUT2D eigenvalue weighted by Gasteiger charge is -2.30. The van der Waals surface area contributed by atoms with Gasteiger partial charge in [0.2, 0.25) is 0 Å². The van der Waals surface area contributed by atoms with E-state index < -0.39 is 0 Å². The van der Waals surface area contributed by atoms with Crippen LogP contribution in [0.4, 0.5) is 0 Å². The van der Waals surface area contributed by atoms with E-state index >= 15 is 0 Å². The predicted octanol–water partition coefficient (Wildman–Crippen LogP) is 0.983. The number of rotatable bonds is 3. The maximum absolute atomic E-state index is 5.91. The number of nitrogens with two attached hydrogens (primary N) is 1. The van der Waals surface area contributed by atoms with Gasteiger partial charge in [0.15, 0.2) is 5.96 Å². The fourth-order valence-corrected chi connectivity index (χ4v) is 2.24. The molecule has 2 rings (SSSR count). The standard InChI is InChI=1S/C11H19N5/c1-4-15-7-13-5-9(15)10-6-14-11(12)16(10)8(2)3/h5,7-8,10H,4,6H2,1-3H3,(H2,12,14). The van der Waals surface area contributed by atoms with Crippen molar-refractivity contribution >= 4 is 5.96 Å². The molecule has 16 heavy (non-hydrogen) atoms. The van der Waals surface area contributed by atoms with Crippen LogP contribution in [0.1, 0.15) is 32.5 Å². The lowest BCUT2D eigenvalue weighted by molar-refractivity contribution is 0.280. The van der Waals surface area contributed by atoms with Gasteiger partial charge in [-0.1, -0.05) is 0 Å². The molecule has 1 aromatic rings. The van der Waals surface area contributed by atoms with Gasteiger partial charge in [0, 0.05) is 12.6 Å². The Morgan fingerprint density at radius 1 is 1.56 bits per heavy atom. The second-order valence-electron chi connectivity index (χ2n) is 4.32. The van der Waals surface area contributed by atoms with Crippen molar-refractivity contribution in [1.82, 2.24) is 14.5 Å². The summed E-state index contributed by atoms with van der Waals surface area (Å²) in [5.41, 5.74) is 7.11. The van der Waals surface area contributed by atoms with Crippen LogP contribution in [0, 0.1) is 0 Å². The molecule has 0 aromatic carbocycles. The molecule has 0 radical (unpaired) electrons. The fourth-order valence-electron chi connectivity index (χ4n) is 2.24. The average molecular weight is 221 g/mol. The molecule has 1 aliphatic heterocycles. The first-order valence-corrected chi connectivity index (χ1v) is 5.73. The molecule has 1 aliphatic rings. The molecule has 88 valence electrons. The number of hydrogen-bond donors (Lipinski definition) is 1. The van der Waals surface area contributed by atoms with Crippen molar-refractivity contribution in [3.05, 3.63) is 18.2 Å². The van der Waals surface area contributed by atoms with Crippen LogP contribution in [0.3, 0.4) is 0 Å². The molecule has 0 aliphatic carbocycles. The zero-order chi connectivity index (χ0) is 11.7. The molecule has 0 bridgehead atoms. The van der Waals surface area contributed by atoms with Gasteiger partial charge in [0.05, 0.1) is 30.8 Å². The summed E-state index contributed by atoms with van der Waals surface area (Å²) in [6, 6.07) is 0.596. The van der Waals surface area contributed by atoms with Crippen molar-refractivity contribution in [1.29, 1.82) is 0 Å². The molecule has 0 spiro atoms. The topological polar surface area (TPSA) is 59.4 Å². The minimum Gasteiger partial charge on any atom is -0.370 e. The van der Waals surface area contributed by atoms with E-state index in [-0.39, 0.29) is 6.04 Å². The third kappa shape index (κ3) is 1.66. The van der Waals surface area contributed by atoms with Gasteiger partial charge in [-0.15, -0.1) is 0 Å². The molecule has 0 saturated carbocycles. The van der Waals surface area contributed by atoms with E-state index in [9.17, 15) is 0 Å². The zero-order valence-electron chi connectivity index (χ0n) is 10.1. The molecule has 1 aromatic heterocycles. The van der Waals surface area contributed by atoms with E-state index in [2.05, 4.69) is 40.2 Å². The monoisotopic (exact) mass is 221 g/mol. The molecule has 5 nitrogen and oxygen atoms in total. The normalized spacial score (nSPS) is 20.6. The minimum atomic E-state index is 0.238. The van der Waals surface area contributed by atoms with Gasteiger partial charge in [-0.25, -0.2) is 4.98 Å². The maximum atomic E-state index is 5.91. The summed E-state index contributed by atoms with van der Waals surface area (Å²) in [7, 11) is 0. The summed E-state index contributed by atoms with van der Waals surface area (Å²) >= 11 is 0. The largest absolute Gasteiger partial charge is 0.370 e. The van der Waals surface area contributed by atoms with Gasteiger partial charge in [0.1, 0.15) is 0 Å². The lowest BCUT2D eigenvalue weighted by Crippen LogP contribution is -2.41. The first-order valence-electron chi connectivity index (χ1n) is 5.73. The van der Waals surface area contributed by atoms with E-state index in [0.29, 0.717) is 12.0 Å². The van der Waals surface area contributed by atoms with Crippen molar-refractivity contribution < 1.29 is 0 Å². The Labute approximate surface area is 96.0 Å². The van der Waals surface area contributed by atoms with E-state index in [0.717, 1.165) is 13.1 Å². The Morgan fingerprint density at radius 3 is 2.94 bits per heavy atom. The Bertz CT molecular complexity index is 393. The van der Waals surface area contributed by atoms with Crippen LogP contribution in [-0.4, -0.2) is 33.0 Å². The first kappa shape index (κ1) is 11.0. The van der Waals surface area contributed by atoms with Crippen LogP contribution in [0.15, 0.2) is 17.5 Å². The number of guanidine groups is 1. The number of aliphatic imine (C=N–C) groups is 1. The third-order valence-electron chi connectivity index (χ3n) is 3.01. The molecular formula is C11H19N5. The highest BCUT2D eigenvalue weighted by Crippen LogP contribution is 2.27. The van der Waals surface area contributed by atoms with E-state index in [1.54, 1.807) is 0 Å². The van der Waals surface area contributed by atoms with Crippen LogP contribution >= 0.6 is 0 Å². The molecular weight excluding hydrogens is 202 g/mol. The van der Waals surface area contributed by atoms with Gasteiger partial charge >= 0.3 is 0 Å². The fraction of sp³-hybridized carbons (Fsp3) is 0.636. The molecule has 0 amide bonds. The Morgan fingerprint density at radius 2 is 2.31 bits per heavy atom. The van der Waals surface area contributed by atoms with E-state index in [1.165, 1.54) is 5.69 Å². The van der Waals surface area contributed by atoms with Gasteiger partial charge in [-0.05, 0) is 20.8 Å².